The Bertz CT molecular complexity index is 641. The predicted octanol–water partition coefficient (Wildman–Crippen LogP) is 2.54. The molecule has 1 unspecified atom stereocenters. The molecule has 3 rings (SSSR count). The third kappa shape index (κ3) is 3.92. The minimum Gasteiger partial charge on any atom is -0.382 e. The van der Waals surface area contributed by atoms with E-state index in [9.17, 15) is 4.79 Å². The number of rotatable bonds is 6. The monoisotopic (exact) mass is 315 g/mol. The third-order valence-corrected chi connectivity index (χ3v) is 4.24. The van der Waals surface area contributed by atoms with Gasteiger partial charge >= 0.3 is 0 Å². The van der Waals surface area contributed by atoms with Crippen LogP contribution in [-0.4, -0.2) is 22.7 Å². The van der Waals surface area contributed by atoms with Crippen LogP contribution in [-0.2, 0) is 22.6 Å². The van der Waals surface area contributed by atoms with Gasteiger partial charge in [-0.1, -0.05) is 35.5 Å². The zero-order chi connectivity index (χ0) is 15.2. The normalized spacial score (nSPS) is 16.9. The molecular weight excluding hydrogens is 298 g/mol. The molecule has 1 atom stereocenters. The maximum Gasteiger partial charge on any atom is 0.264 e. The number of aryl methyl sites for hydroxylation is 1. The van der Waals surface area contributed by atoms with Crippen molar-refractivity contribution in [2.75, 3.05) is 0 Å². The van der Waals surface area contributed by atoms with Gasteiger partial charge in [-0.2, -0.15) is 0 Å². The highest BCUT2D eigenvalue weighted by Crippen LogP contribution is 2.15. The van der Waals surface area contributed by atoms with Gasteiger partial charge in [-0.3, -0.25) is 4.79 Å². The molecule has 1 aromatic heterocycles. The second kappa shape index (κ2) is 7.17. The van der Waals surface area contributed by atoms with Crippen LogP contribution in [0.3, 0.4) is 0 Å². The summed E-state index contributed by atoms with van der Waals surface area (Å²) in [6, 6.07) is 10.2. The van der Waals surface area contributed by atoms with Crippen LogP contribution in [0.15, 0.2) is 47.1 Å². The summed E-state index contributed by atoms with van der Waals surface area (Å²) in [5.41, 5.74) is 2.21. The Balaban J connectivity index is 1.42. The molecule has 0 aliphatic carbocycles. The molecule has 0 radical (unpaired) electrons. The van der Waals surface area contributed by atoms with Crippen LogP contribution < -0.4 is 5.32 Å². The molecule has 0 saturated heterocycles. The molecule has 0 spiro atoms. The molecular formula is C16H17N3O2S. The van der Waals surface area contributed by atoms with Gasteiger partial charge in [-0.25, -0.2) is 4.98 Å². The highest BCUT2D eigenvalue weighted by atomic mass is 32.1. The number of thiazole rings is 1. The lowest BCUT2D eigenvalue weighted by molar-refractivity contribution is -0.131. The molecule has 1 aromatic carbocycles. The first-order valence-electron chi connectivity index (χ1n) is 7.23. The first-order valence-corrected chi connectivity index (χ1v) is 8.11. The maximum absolute atomic E-state index is 12.0. The van der Waals surface area contributed by atoms with Crippen molar-refractivity contribution in [3.63, 3.8) is 0 Å². The van der Waals surface area contributed by atoms with Crippen LogP contribution in [0.2, 0.25) is 0 Å². The standard InChI is InChI=1S/C16H17N3O2S/c20-16(18-11-15-17-8-9-22-15)14-10-13(19-21-14)7-6-12-4-2-1-3-5-12/h1-5,8-9,14H,6-7,10-11H2,(H,18,20). The van der Waals surface area contributed by atoms with Crippen molar-refractivity contribution >= 4 is 23.0 Å². The topological polar surface area (TPSA) is 63.6 Å². The summed E-state index contributed by atoms with van der Waals surface area (Å²) < 4.78 is 0. The smallest absolute Gasteiger partial charge is 0.264 e. The largest absolute Gasteiger partial charge is 0.382 e. The zero-order valence-electron chi connectivity index (χ0n) is 12.1. The number of hydrogen-bond acceptors (Lipinski definition) is 5. The van der Waals surface area contributed by atoms with Gasteiger partial charge in [0, 0.05) is 18.0 Å². The lowest BCUT2D eigenvalue weighted by atomic mass is 10.0. The summed E-state index contributed by atoms with van der Waals surface area (Å²) in [7, 11) is 0. The number of hydrogen-bond donors (Lipinski definition) is 1. The minimum absolute atomic E-state index is 0.131. The van der Waals surface area contributed by atoms with Crippen molar-refractivity contribution in [1.29, 1.82) is 0 Å². The van der Waals surface area contributed by atoms with E-state index in [4.69, 9.17) is 4.84 Å². The SMILES string of the molecule is O=C(NCc1nccs1)C1CC(CCc2ccccc2)=NO1. The zero-order valence-corrected chi connectivity index (χ0v) is 12.9. The minimum atomic E-state index is -0.509. The number of amides is 1. The molecule has 1 amide bonds. The summed E-state index contributed by atoms with van der Waals surface area (Å²) in [5.74, 6) is -0.131. The van der Waals surface area contributed by atoms with Crippen LogP contribution >= 0.6 is 11.3 Å². The van der Waals surface area contributed by atoms with Crippen molar-refractivity contribution in [2.24, 2.45) is 5.16 Å². The number of carbonyl (C=O) groups excluding carboxylic acids is 1. The van der Waals surface area contributed by atoms with Crippen molar-refractivity contribution in [3.8, 4) is 0 Å². The van der Waals surface area contributed by atoms with Crippen LogP contribution in [0, 0.1) is 0 Å². The van der Waals surface area contributed by atoms with Gasteiger partial charge in [0.05, 0.1) is 12.3 Å². The van der Waals surface area contributed by atoms with E-state index in [-0.39, 0.29) is 5.91 Å². The Morgan fingerprint density at radius 2 is 2.18 bits per heavy atom. The summed E-state index contributed by atoms with van der Waals surface area (Å²) >= 11 is 1.52. The van der Waals surface area contributed by atoms with E-state index in [0.717, 1.165) is 23.6 Å². The van der Waals surface area contributed by atoms with Crippen molar-refractivity contribution in [2.45, 2.75) is 31.9 Å². The first-order chi connectivity index (χ1) is 10.8. The molecule has 1 aliphatic heterocycles. The fourth-order valence-corrected chi connectivity index (χ4v) is 2.82. The molecule has 22 heavy (non-hydrogen) atoms. The third-order valence-electron chi connectivity index (χ3n) is 3.46. The van der Waals surface area contributed by atoms with Crippen LogP contribution in [0.1, 0.15) is 23.4 Å². The Morgan fingerprint density at radius 3 is 2.95 bits per heavy atom. The molecule has 5 nitrogen and oxygen atoms in total. The molecule has 2 heterocycles. The summed E-state index contributed by atoms with van der Waals surface area (Å²) in [6.07, 6.45) is 3.52. The van der Waals surface area contributed by atoms with E-state index in [1.54, 1.807) is 6.20 Å². The van der Waals surface area contributed by atoms with E-state index < -0.39 is 6.10 Å². The van der Waals surface area contributed by atoms with Crippen LogP contribution in [0.25, 0.3) is 0 Å². The lowest BCUT2D eigenvalue weighted by Gasteiger charge is -2.08. The average Bonchev–Trinajstić information content (AvgIpc) is 3.23. The van der Waals surface area contributed by atoms with Gasteiger partial charge < -0.3 is 10.2 Å². The summed E-state index contributed by atoms with van der Waals surface area (Å²) in [4.78, 5) is 21.4. The van der Waals surface area contributed by atoms with Gasteiger partial charge in [0.2, 0.25) is 6.10 Å². The molecule has 1 aliphatic rings. The van der Waals surface area contributed by atoms with E-state index >= 15 is 0 Å². The number of nitrogens with one attached hydrogen (secondary N) is 1. The molecule has 0 saturated carbocycles. The highest BCUT2D eigenvalue weighted by Gasteiger charge is 2.27. The molecule has 0 fully saturated rings. The molecule has 114 valence electrons. The van der Waals surface area contributed by atoms with Gasteiger partial charge in [-0.15, -0.1) is 11.3 Å². The second-order valence-electron chi connectivity index (χ2n) is 5.08. The van der Waals surface area contributed by atoms with E-state index in [2.05, 4.69) is 27.6 Å². The molecule has 0 bridgehead atoms. The van der Waals surface area contributed by atoms with Crippen molar-refractivity contribution in [3.05, 3.63) is 52.5 Å². The van der Waals surface area contributed by atoms with Gasteiger partial charge in [0.25, 0.3) is 5.91 Å². The Hall–Kier alpha value is -2.21. The number of oxime groups is 1. The van der Waals surface area contributed by atoms with E-state index in [1.165, 1.54) is 16.9 Å². The second-order valence-corrected chi connectivity index (χ2v) is 6.06. The van der Waals surface area contributed by atoms with Crippen LogP contribution in [0.4, 0.5) is 0 Å². The van der Waals surface area contributed by atoms with Gasteiger partial charge in [0.1, 0.15) is 5.01 Å². The Labute approximate surface area is 133 Å². The quantitative estimate of drug-likeness (QED) is 0.891. The fraction of sp³-hybridized carbons (Fsp3) is 0.312. The average molecular weight is 315 g/mol. The number of aromatic nitrogens is 1. The number of carbonyl (C=O) groups is 1. The Morgan fingerprint density at radius 1 is 1.32 bits per heavy atom. The summed E-state index contributed by atoms with van der Waals surface area (Å²) in [6.45, 7) is 0.440. The van der Waals surface area contributed by atoms with Gasteiger partial charge in [0.15, 0.2) is 0 Å². The highest BCUT2D eigenvalue weighted by molar-refractivity contribution is 7.09. The van der Waals surface area contributed by atoms with Gasteiger partial charge in [-0.05, 0) is 18.4 Å². The van der Waals surface area contributed by atoms with E-state index in [1.807, 2.05) is 23.6 Å². The van der Waals surface area contributed by atoms with Crippen molar-refractivity contribution < 1.29 is 9.63 Å². The fourth-order valence-electron chi connectivity index (χ4n) is 2.27. The number of benzene rings is 1. The predicted molar refractivity (Wildman–Crippen MR) is 85.6 cm³/mol. The number of nitrogens with zero attached hydrogens (tertiary/aromatic N) is 2. The molecule has 1 N–H and O–H groups in total. The maximum atomic E-state index is 12.0. The molecule has 2 aromatic rings. The van der Waals surface area contributed by atoms with Crippen molar-refractivity contribution in [1.82, 2.24) is 10.3 Å². The molecule has 6 heteroatoms. The van der Waals surface area contributed by atoms with Crippen LogP contribution in [0.5, 0.6) is 0 Å². The lowest BCUT2D eigenvalue weighted by Crippen LogP contribution is -2.34. The van der Waals surface area contributed by atoms with E-state index in [0.29, 0.717) is 13.0 Å². The first kappa shape index (κ1) is 14.7. The summed E-state index contributed by atoms with van der Waals surface area (Å²) in [5, 5.41) is 9.65. The Kier molecular flexibility index (Phi) is 4.80.